The predicted molar refractivity (Wildman–Crippen MR) is 48.8 cm³/mol. The molecule has 0 amide bonds. The average Bonchev–Trinajstić information content (AvgIpc) is 2.74. The summed E-state index contributed by atoms with van der Waals surface area (Å²) in [6.07, 6.45) is 4.87. The lowest BCUT2D eigenvalue weighted by molar-refractivity contribution is 0.737. The Morgan fingerprint density at radius 3 is 2.67 bits per heavy atom. The molecule has 0 spiro atoms. The summed E-state index contributed by atoms with van der Waals surface area (Å²) in [6.45, 7) is 0.802. The van der Waals surface area contributed by atoms with E-state index in [-0.39, 0.29) is 12.3 Å². The van der Waals surface area contributed by atoms with E-state index in [0.717, 1.165) is 6.54 Å². The normalized spacial score (nSPS) is 26.2. The third kappa shape index (κ3) is 1.57. The van der Waals surface area contributed by atoms with E-state index in [2.05, 4.69) is 32.1 Å². The first kappa shape index (κ1) is 7.19. The molecule has 4 nitrogen and oxygen atoms in total. The Hall–Kier alpha value is -1.47. The largest absolute Gasteiger partial charge is 0.281 e. The molecular formula is C8H8N4. The maximum atomic E-state index is 4.08. The highest BCUT2D eigenvalue weighted by molar-refractivity contribution is 6.17. The summed E-state index contributed by atoms with van der Waals surface area (Å²) in [5.74, 6) is 5.84. The molecule has 0 radical (unpaired) electrons. The molecule has 0 saturated carbocycles. The van der Waals surface area contributed by atoms with Gasteiger partial charge in [-0.15, -0.1) is 0 Å². The minimum Gasteiger partial charge on any atom is -0.281 e. The maximum Gasteiger partial charge on any atom is 0.201 e. The standard InChI is InChI=1S/C8H8N4/c1(7-9-3-4-10-7)2-8-11-5-6-12-8/h3-5,7-8,12H,6H2. The molecular weight excluding hydrogens is 152 g/mol. The smallest absolute Gasteiger partial charge is 0.201 e. The van der Waals surface area contributed by atoms with Gasteiger partial charge < -0.3 is 0 Å². The van der Waals surface area contributed by atoms with Crippen LogP contribution in [-0.2, 0) is 0 Å². The monoisotopic (exact) mass is 160 g/mol. The Labute approximate surface area is 70.5 Å². The van der Waals surface area contributed by atoms with E-state index in [1.807, 2.05) is 6.21 Å². The van der Waals surface area contributed by atoms with E-state index >= 15 is 0 Å². The molecule has 1 N–H and O–H groups in total. The summed E-state index contributed by atoms with van der Waals surface area (Å²) in [4.78, 5) is 12.1. The third-order valence-corrected chi connectivity index (χ3v) is 1.53. The van der Waals surface area contributed by atoms with Gasteiger partial charge in [-0.05, 0) is 5.92 Å². The number of nitrogens with one attached hydrogen (secondary N) is 1. The van der Waals surface area contributed by atoms with Gasteiger partial charge in [0.2, 0.25) is 6.17 Å². The first-order chi connectivity index (χ1) is 5.95. The highest BCUT2D eigenvalue weighted by Crippen LogP contribution is 1.95. The molecule has 0 saturated heterocycles. The average molecular weight is 160 g/mol. The zero-order valence-corrected chi connectivity index (χ0v) is 6.44. The van der Waals surface area contributed by atoms with E-state index in [0.29, 0.717) is 0 Å². The van der Waals surface area contributed by atoms with Crippen LogP contribution >= 0.6 is 0 Å². The second kappa shape index (κ2) is 3.28. The van der Waals surface area contributed by atoms with Crippen molar-refractivity contribution < 1.29 is 0 Å². The van der Waals surface area contributed by atoms with Crippen LogP contribution in [0.15, 0.2) is 15.0 Å². The van der Waals surface area contributed by atoms with Crippen LogP contribution in [0.3, 0.4) is 0 Å². The zero-order valence-electron chi connectivity index (χ0n) is 6.44. The number of hydrogen-bond acceptors (Lipinski definition) is 4. The van der Waals surface area contributed by atoms with Gasteiger partial charge >= 0.3 is 0 Å². The second-order valence-corrected chi connectivity index (χ2v) is 2.40. The van der Waals surface area contributed by atoms with Gasteiger partial charge in [0.15, 0.2) is 6.17 Å². The number of hydrogen-bond donors (Lipinski definition) is 1. The molecule has 2 aliphatic heterocycles. The van der Waals surface area contributed by atoms with Gasteiger partial charge in [0.1, 0.15) is 0 Å². The van der Waals surface area contributed by atoms with Crippen LogP contribution in [-0.4, -0.2) is 37.5 Å². The van der Waals surface area contributed by atoms with Gasteiger partial charge in [0.25, 0.3) is 0 Å². The fraction of sp³-hybridized carbons (Fsp3) is 0.375. The minimum absolute atomic E-state index is 0.0593. The van der Waals surface area contributed by atoms with E-state index in [1.165, 1.54) is 0 Å². The van der Waals surface area contributed by atoms with Crippen molar-refractivity contribution in [2.75, 3.05) is 6.54 Å². The van der Waals surface area contributed by atoms with Crippen LogP contribution in [0.5, 0.6) is 0 Å². The van der Waals surface area contributed by atoms with Crippen molar-refractivity contribution in [3.63, 3.8) is 0 Å². The highest BCUT2D eigenvalue weighted by atomic mass is 15.1. The molecule has 0 aromatic carbocycles. The Kier molecular flexibility index (Phi) is 1.97. The van der Waals surface area contributed by atoms with Gasteiger partial charge in [-0.25, -0.2) is 0 Å². The quantitative estimate of drug-likeness (QED) is 0.476. The topological polar surface area (TPSA) is 49.1 Å². The minimum atomic E-state index is -0.206. The van der Waals surface area contributed by atoms with Crippen molar-refractivity contribution >= 4 is 18.6 Å². The predicted octanol–water partition coefficient (Wildman–Crippen LogP) is -0.529. The SMILES string of the molecule is C(#CC1N=CCN1)C1N=CC=N1. The molecule has 4 heteroatoms. The Bertz CT molecular complexity index is 293. The van der Waals surface area contributed by atoms with Crippen LogP contribution in [0.2, 0.25) is 0 Å². The van der Waals surface area contributed by atoms with Crippen molar-refractivity contribution in [2.45, 2.75) is 12.3 Å². The first-order valence-electron chi connectivity index (χ1n) is 3.76. The maximum absolute atomic E-state index is 4.08. The van der Waals surface area contributed by atoms with Gasteiger partial charge in [0.05, 0.1) is 0 Å². The van der Waals surface area contributed by atoms with Crippen molar-refractivity contribution in [1.82, 2.24) is 5.32 Å². The summed E-state index contributed by atoms with van der Waals surface area (Å²) in [5, 5.41) is 3.08. The van der Waals surface area contributed by atoms with E-state index in [1.54, 1.807) is 12.4 Å². The molecule has 1 atom stereocenters. The van der Waals surface area contributed by atoms with Crippen molar-refractivity contribution in [3.8, 4) is 11.8 Å². The van der Waals surface area contributed by atoms with Crippen LogP contribution < -0.4 is 5.32 Å². The van der Waals surface area contributed by atoms with Crippen molar-refractivity contribution in [3.05, 3.63) is 0 Å². The van der Waals surface area contributed by atoms with Gasteiger partial charge in [-0.3, -0.25) is 20.3 Å². The van der Waals surface area contributed by atoms with E-state index in [9.17, 15) is 0 Å². The molecule has 12 heavy (non-hydrogen) atoms. The molecule has 0 aromatic rings. The summed E-state index contributed by atoms with van der Waals surface area (Å²) < 4.78 is 0. The first-order valence-corrected chi connectivity index (χ1v) is 3.76. The highest BCUT2D eigenvalue weighted by Gasteiger charge is 2.05. The number of aliphatic imine (C=N–C) groups is 3. The molecule has 1 unspecified atom stereocenters. The lowest BCUT2D eigenvalue weighted by Crippen LogP contribution is -2.20. The Morgan fingerprint density at radius 2 is 2.00 bits per heavy atom. The molecule has 2 aliphatic rings. The van der Waals surface area contributed by atoms with Crippen LogP contribution in [0.4, 0.5) is 0 Å². The Morgan fingerprint density at radius 1 is 1.17 bits per heavy atom. The fourth-order valence-electron chi connectivity index (χ4n) is 0.970. The third-order valence-electron chi connectivity index (χ3n) is 1.53. The summed E-state index contributed by atoms with van der Waals surface area (Å²) in [7, 11) is 0. The van der Waals surface area contributed by atoms with E-state index in [4.69, 9.17) is 0 Å². The van der Waals surface area contributed by atoms with Crippen LogP contribution in [0, 0.1) is 11.8 Å². The molecule has 0 aromatic heterocycles. The lowest BCUT2D eigenvalue weighted by atomic mass is 10.4. The fourth-order valence-corrected chi connectivity index (χ4v) is 0.970. The summed E-state index contributed by atoms with van der Waals surface area (Å²) in [5.41, 5.74) is 0. The molecule has 0 aliphatic carbocycles. The van der Waals surface area contributed by atoms with Gasteiger partial charge in [0, 0.05) is 25.2 Å². The molecule has 0 bridgehead atoms. The van der Waals surface area contributed by atoms with Crippen LogP contribution in [0.1, 0.15) is 0 Å². The lowest BCUT2D eigenvalue weighted by Gasteiger charge is -1.96. The number of nitrogens with zero attached hydrogens (tertiary/aromatic N) is 3. The van der Waals surface area contributed by atoms with Crippen LogP contribution in [0.25, 0.3) is 0 Å². The molecule has 2 heterocycles. The molecule has 0 fully saturated rings. The van der Waals surface area contributed by atoms with Crippen molar-refractivity contribution in [1.29, 1.82) is 0 Å². The molecule has 2 rings (SSSR count). The van der Waals surface area contributed by atoms with E-state index < -0.39 is 0 Å². The zero-order chi connectivity index (χ0) is 8.23. The second-order valence-electron chi connectivity index (χ2n) is 2.40. The van der Waals surface area contributed by atoms with Crippen molar-refractivity contribution in [2.24, 2.45) is 15.0 Å². The van der Waals surface area contributed by atoms with Gasteiger partial charge in [-0.1, -0.05) is 5.92 Å². The summed E-state index contributed by atoms with van der Waals surface area (Å²) in [6, 6.07) is 0. The number of rotatable bonds is 0. The molecule has 60 valence electrons. The Balaban J connectivity index is 1.95. The summed E-state index contributed by atoms with van der Waals surface area (Å²) >= 11 is 0. The van der Waals surface area contributed by atoms with Gasteiger partial charge in [-0.2, -0.15) is 0 Å².